The van der Waals surface area contributed by atoms with Gasteiger partial charge >= 0.3 is 0 Å². The molecule has 0 bridgehead atoms. The molecule has 0 radical (unpaired) electrons. The van der Waals surface area contributed by atoms with E-state index in [1.54, 1.807) is 0 Å². The van der Waals surface area contributed by atoms with Gasteiger partial charge in [0.15, 0.2) is 0 Å². The van der Waals surface area contributed by atoms with Gasteiger partial charge in [0, 0.05) is 13.1 Å². The highest BCUT2D eigenvalue weighted by molar-refractivity contribution is 5.87. The third-order valence-electron chi connectivity index (χ3n) is 6.07. The van der Waals surface area contributed by atoms with E-state index in [0.717, 1.165) is 19.5 Å². The van der Waals surface area contributed by atoms with E-state index in [-0.39, 0.29) is 6.04 Å². The largest absolute Gasteiger partial charge is 0.288 e. The van der Waals surface area contributed by atoms with E-state index in [1.165, 1.54) is 38.6 Å². The molecular weight excluding hydrogens is 338 g/mol. The van der Waals surface area contributed by atoms with Gasteiger partial charge in [0.1, 0.15) is 0 Å². The average Bonchev–Trinajstić information content (AvgIpc) is 2.75. The summed E-state index contributed by atoms with van der Waals surface area (Å²) in [5, 5.41) is 2.70. The molecule has 4 aromatic rings. The van der Waals surface area contributed by atoms with Crippen molar-refractivity contribution in [2.45, 2.75) is 25.9 Å². The van der Waals surface area contributed by atoms with Gasteiger partial charge in [0.25, 0.3) is 0 Å². The lowest BCUT2D eigenvalue weighted by Crippen LogP contribution is -2.36. The molecule has 1 unspecified atom stereocenters. The van der Waals surface area contributed by atoms with Crippen LogP contribution in [0.4, 0.5) is 0 Å². The molecule has 0 saturated carbocycles. The Morgan fingerprint density at radius 1 is 0.786 bits per heavy atom. The van der Waals surface area contributed by atoms with Crippen LogP contribution in [0.3, 0.4) is 0 Å². The van der Waals surface area contributed by atoms with E-state index in [4.69, 9.17) is 0 Å². The van der Waals surface area contributed by atoms with Crippen molar-refractivity contribution >= 4 is 10.8 Å². The maximum Gasteiger partial charge on any atom is 0.0616 e. The number of nitrogens with zero attached hydrogens (tertiary/aromatic N) is 1. The molecule has 0 aliphatic carbocycles. The lowest BCUT2D eigenvalue weighted by atomic mass is 9.84. The maximum atomic E-state index is 2.66. The average molecular weight is 364 g/mol. The van der Waals surface area contributed by atoms with Crippen LogP contribution in [-0.2, 0) is 13.0 Å². The molecule has 1 heteroatoms. The van der Waals surface area contributed by atoms with Crippen molar-refractivity contribution in [2.24, 2.45) is 0 Å². The van der Waals surface area contributed by atoms with Crippen LogP contribution in [0, 0.1) is 6.92 Å². The summed E-state index contributed by atoms with van der Waals surface area (Å²) in [5.74, 6) is 0. The van der Waals surface area contributed by atoms with Gasteiger partial charge in [-0.05, 0) is 51.9 Å². The topological polar surface area (TPSA) is 3.24 Å². The zero-order chi connectivity index (χ0) is 18.9. The van der Waals surface area contributed by atoms with E-state index in [9.17, 15) is 0 Å². The fourth-order valence-corrected chi connectivity index (χ4v) is 4.71. The summed E-state index contributed by atoms with van der Waals surface area (Å²) in [6.45, 7) is 4.32. The number of hydrogen-bond donors (Lipinski definition) is 0. The van der Waals surface area contributed by atoms with Gasteiger partial charge in [-0.3, -0.25) is 4.90 Å². The molecule has 138 valence electrons. The quantitative estimate of drug-likeness (QED) is 0.413. The molecule has 0 saturated heterocycles. The van der Waals surface area contributed by atoms with E-state index < -0.39 is 0 Å². The number of benzene rings is 4. The first kappa shape index (κ1) is 17.2. The van der Waals surface area contributed by atoms with Crippen LogP contribution < -0.4 is 0 Å². The van der Waals surface area contributed by atoms with E-state index >= 15 is 0 Å². The van der Waals surface area contributed by atoms with Gasteiger partial charge in [-0.1, -0.05) is 91.0 Å². The molecule has 0 fully saturated rings. The van der Waals surface area contributed by atoms with Crippen LogP contribution in [0.25, 0.3) is 10.8 Å². The van der Waals surface area contributed by atoms with Crippen LogP contribution in [0.5, 0.6) is 0 Å². The normalized spacial score (nSPS) is 16.8. The van der Waals surface area contributed by atoms with E-state index in [2.05, 4.69) is 103 Å². The van der Waals surface area contributed by atoms with Crippen molar-refractivity contribution in [3.05, 3.63) is 119 Å². The molecule has 5 rings (SSSR count). The maximum absolute atomic E-state index is 2.66. The van der Waals surface area contributed by atoms with Crippen LogP contribution in [0.1, 0.15) is 33.9 Å². The molecule has 0 aromatic heterocycles. The highest BCUT2D eigenvalue weighted by atomic mass is 15.2. The second-order valence-corrected chi connectivity index (χ2v) is 7.82. The Morgan fingerprint density at radius 2 is 1.54 bits per heavy atom. The fourth-order valence-electron chi connectivity index (χ4n) is 4.71. The standard InChI is InChI=1S/C27H25N/c1-20-15-16-22-11-5-7-13-24(22)26(20)27-25-14-8-6-12-23(25)17-18-28(27)19-21-9-3-2-4-10-21/h2-16,27H,17-19H2,1H3. The first-order chi connectivity index (χ1) is 13.8. The third-order valence-corrected chi connectivity index (χ3v) is 6.07. The summed E-state index contributed by atoms with van der Waals surface area (Å²) in [5.41, 5.74) is 7.16. The van der Waals surface area contributed by atoms with Crippen molar-refractivity contribution in [1.29, 1.82) is 0 Å². The predicted molar refractivity (Wildman–Crippen MR) is 118 cm³/mol. The minimum atomic E-state index is 0.288. The number of rotatable bonds is 3. The Kier molecular flexibility index (Phi) is 4.46. The zero-order valence-electron chi connectivity index (χ0n) is 16.3. The van der Waals surface area contributed by atoms with Crippen molar-refractivity contribution < 1.29 is 0 Å². The Hall–Kier alpha value is -2.90. The molecule has 0 amide bonds. The highest BCUT2D eigenvalue weighted by Crippen LogP contribution is 2.40. The second-order valence-electron chi connectivity index (χ2n) is 7.82. The first-order valence-corrected chi connectivity index (χ1v) is 10.2. The van der Waals surface area contributed by atoms with Gasteiger partial charge in [-0.15, -0.1) is 0 Å². The third kappa shape index (κ3) is 3.02. The smallest absolute Gasteiger partial charge is 0.0616 e. The van der Waals surface area contributed by atoms with Gasteiger partial charge in [-0.2, -0.15) is 0 Å². The minimum Gasteiger partial charge on any atom is -0.288 e. The fraction of sp³-hybridized carbons (Fsp3) is 0.185. The van der Waals surface area contributed by atoms with Crippen LogP contribution in [-0.4, -0.2) is 11.4 Å². The molecule has 4 aromatic carbocycles. The first-order valence-electron chi connectivity index (χ1n) is 10.2. The summed E-state index contributed by atoms with van der Waals surface area (Å²) in [6, 6.07) is 33.5. The Balaban J connectivity index is 1.70. The molecule has 0 spiro atoms. The summed E-state index contributed by atoms with van der Waals surface area (Å²) >= 11 is 0. The number of aryl methyl sites for hydroxylation is 1. The molecule has 1 atom stereocenters. The van der Waals surface area contributed by atoms with Crippen molar-refractivity contribution in [1.82, 2.24) is 4.90 Å². The van der Waals surface area contributed by atoms with Gasteiger partial charge in [0.05, 0.1) is 6.04 Å². The van der Waals surface area contributed by atoms with Crippen molar-refractivity contribution in [3.63, 3.8) is 0 Å². The van der Waals surface area contributed by atoms with Gasteiger partial charge in [-0.25, -0.2) is 0 Å². The van der Waals surface area contributed by atoms with Crippen LogP contribution >= 0.6 is 0 Å². The Bertz CT molecular complexity index is 1110. The summed E-state index contributed by atoms with van der Waals surface area (Å²) in [6.07, 6.45) is 1.11. The zero-order valence-corrected chi connectivity index (χ0v) is 16.3. The number of hydrogen-bond acceptors (Lipinski definition) is 1. The molecule has 1 aliphatic rings. The van der Waals surface area contributed by atoms with Crippen LogP contribution in [0.15, 0.2) is 91.0 Å². The minimum absolute atomic E-state index is 0.288. The second kappa shape index (κ2) is 7.26. The molecule has 1 aliphatic heterocycles. The molecule has 28 heavy (non-hydrogen) atoms. The molecule has 1 heterocycles. The molecular formula is C27H25N. The molecule has 1 nitrogen and oxygen atoms in total. The van der Waals surface area contributed by atoms with E-state index in [0.29, 0.717) is 0 Å². The van der Waals surface area contributed by atoms with E-state index in [1.807, 2.05) is 0 Å². The predicted octanol–water partition coefficient (Wildman–Crippen LogP) is 6.30. The van der Waals surface area contributed by atoms with Crippen LogP contribution in [0.2, 0.25) is 0 Å². The van der Waals surface area contributed by atoms with Gasteiger partial charge in [0.2, 0.25) is 0 Å². The monoisotopic (exact) mass is 363 g/mol. The summed E-state index contributed by atoms with van der Waals surface area (Å²) in [4.78, 5) is 2.66. The lowest BCUT2D eigenvalue weighted by molar-refractivity contribution is 0.205. The Labute approximate surface area is 167 Å². The van der Waals surface area contributed by atoms with Crippen molar-refractivity contribution in [3.8, 4) is 0 Å². The van der Waals surface area contributed by atoms with Crippen molar-refractivity contribution in [2.75, 3.05) is 6.54 Å². The Morgan fingerprint density at radius 3 is 2.43 bits per heavy atom. The lowest BCUT2D eigenvalue weighted by Gasteiger charge is -2.39. The summed E-state index contributed by atoms with van der Waals surface area (Å²) < 4.78 is 0. The SMILES string of the molecule is Cc1ccc2ccccc2c1C1c2ccccc2CCN1Cc1ccccc1. The highest BCUT2D eigenvalue weighted by Gasteiger charge is 2.30. The van der Waals surface area contributed by atoms with Gasteiger partial charge < -0.3 is 0 Å². The number of fused-ring (bicyclic) bond motifs is 2. The summed E-state index contributed by atoms with van der Waals surface area (Å²) in [7, 11) is 0. The molecule has 0 N–H and O–H groups in total.